The number of amides is 3. The van der Waals surface area contributed by atoms with E-state index in [2.05, 4.69) is 16.0 Å². The number of para-hydroxylation sites is 1. The van der Waals surface area contributed by atoms with Gasteiger partial charge in [-0.15, -0.1) is 11.8 Å². The predicted octanol–water partition coefficient (Wildman–Crippen LogP) is 8.88. The Bertz CT molecular complexity index is 1900. The molecule has 47 heavy (non-hydrogen) atoms. The van der Waals surface area contributed by atoms with Crippen molar-refractivity contribution >= 4 is 70.1 Å². The average Bonchev–Trinajstić information content (AvgIpc) is 3.09. The normalized spacial score (nSPS) is 11.7. The smallest absolute Gasteiger partial charge is 0.272 e. The van der Waals surface area contributed by atoms with Crippen molar-refractivity contribution in [3.8, 4) is 5.75 Å². The van der Waals surface area contributed by atoms with E-state index in [0.29, 0.717) is 38.3 Å². The fourth-order valence-electron chi connectivity index (χ4n) is 4.52. The van der Waals surface area contributed by atoms with E-state index >= 15 is 0 Å². The van der Waals surface area contributed by atoms with E-state index in [1.807, 2.05) is 54.6 Å². The van der Waals surface area contributed by atoms with Gasteiger partial charge in [-0.25, -0.2) is 0 Å². The summed E-state index contributed by atoms with van der Waals surface area (Å²) in [6.07, 6.45) is 1.56. The molecule has 3 amide bonds. The summed E-state index contributed by atoms with van der Waals surface area (Å²) in [4.78, 5) is 40.8. The number of anilines is 2. The van der Waals surface area contributed by atoms with Gasteiger partial charge in [0.15, 0.2) is 0 Å². The van der Waals surface area contributed by atoms with Crippen LogP contribution in [0.25, 0.3) is 6.08 Å². The largest absolute Gasteiger partial charge is 0.496 e. The Morgan fingerprint density at radius 1 is 0.766 bits per heavy atom. The minimum atomic E-state index is -0.605. The molecule has 3 N–H and O–H groups in total. The molecule has 5 rings (SSSR count). The Morgan fingerprint density at radius 2 is 1.43 bits per heavy atom. The number of ether oxygens (including phenoxy) is 1. The van der Waals surface area contributed by atoms with Crippen LogP contribution in [-0.2, 0) is 9.59 Å². The summed E-state index contributed by atoms with van der Waals surface area (Å²) < 4.78 is 5.44. The van der Waals surface area contributed by atoms with Gasteiger partial charge in [-0.3, -0.25) is 14.4 Å². The lowest BCUT2D eigenvalue weighted by Gasteiger charge is -2.18. The highest BCUT2D eigenvalue weighted by atomic mass is 35.5. The van der Waals surface area contributed by atoms with E-state index < -0.39 is 17.1 Å². The standard InChI is InChI=1S/C37H29Cl2N3O4S/c1-46-33-15-9-8-14-26(33)22-32(42-35(43)25-12-6-3-7-13-25)36(44)40-28-17-19-29(20-18-28)47-34(24-10-4-2-5-11-24)37(45)41-31-21-16-27(38)23-30(31)39/h2-23,34H,1H3,(H,40,44)(H,41,45)(H,42,43)/b32-22-. The maximum atomic E-state index is 13.5. The average molecular weight is 683 g/mol. The monoisotopic (exact) mass is 681 g/mol. The van der Waals surface area contributed by atoms with E-state index in [9.17, 15) is 14.4 Å². The first kappa shape index (κ1) is 33.3. The Labute approximate surface area is 287 Å². The minimum Gasteiger partial charge on any atom is -0.496 e. The molecule has 0 aromatic heterocycles. The number of benzene rings is 5. The zero-order valence-electron chi connectivity index (χ0n) is 25.1. The third kappa shape index (κ3) is 9.04. The lowest BCUT2D eigenvalue weighted by atomic mass is 10.1. The molecule has 7 nitrogen and oxygen atoms in total. The summed E-state index contributed by atoms with van der Waals surface area (Å²) >= 11 is 13.7. The molecule has 0 radical (unpaired) electrons. The quantitative estimate of drug-likeness (QED) is 0.0956. The van der Waals surface area contributed by atoms with Crippen molar-refractivity contribution in [1.29, 1.82) is 0 Å². The molecule has 5 aromatic carbocycles. The van der Waals surface area contributed by atoms with Crippen molar-refractivity contribution in [2.24, 2.45) is 0 Å². The molecular formula is C37H29Cl2N3O4S. The van der Waals surface area contributed by atoms with Gasteiger partial charge in [-0.2, -0.15) is 0 Å². The number of hydrogen-bond donors (Lipinski definition) is 3. The van der Waals surface area contributed by atoms with Crippen LogP contribution >= 0.6 is 35.0 Å². The van der Waals surface area contributed by atoms with Gasteiger partial charge in [-0.05, 0) is 72.3 Å². The van der Waals surface area contributed by atoms with Gasteiger partial charge in [0.2, 0.25) is 5.91 Å². The maximum Gasteiger partial charge on any atom is 0.272 e. The number of methoxy groups -OCH3 is 1. The molecule has 0 spiro atoms. The number of carbonyl (C=O) groups excluding carboxylic acids is 3. The van der Waals surface area contributed by atoms with Crippen molar-refractivity contribution in [2.75, 3.05) is 17.7 Å². The van der Waals surface area contributed by atoms with Crippen LogP contribution in [0.2, 0.25) is 10.0 Å². The third-order valence-electron chi connectivity index (χ3n) is 6.86. The molecule has 0 saturated heterocycles. The van der Waals surface area contributed by atoms with Gasteiger partial charge in [0, 0.05) is 26.7 Å². The van der Waals surface area contributed by atoms with E-state index in [0.717, 1.165) is 10.5 Å². The Hall–Kier alpha value is -5.02. The SMILES string of the molecule is COc1ccccc1/C=C(\NC(=O)c1ccccc1)C(=O)Nc1ccc(SC(C(=O)Nc2ccc(Cl)cc2Cl)c2ccccc2)cc1. The lowest BCUT2D eigenvalue weighted by Crippen LogP contribution is -2.30. The first-order chi connectivity index (χ1) is 22.8. The van der Waals surface area contributed by atoms with Crippen LogP contribution in [-0.4, -0.2) is 24.8 Å². The van der Waals surface area contributed by atoms with Gasteiger partial charge in [0.25, 0.3) is 11.8 Å². The van der Waals surface area contributed by atoms with Gasteiger partial charge >= 0.3 is 0 Å². The molecule has 0 heterocycles. The predicted molar refractivity (Wildman–Crippen MR) is 190 cm³/mol. The van der Waals surface area contributed by atoms with E-state index in [1.165, 1.54) is 18.9 Å². The highest BCUT2D eigenvalue weighted by molar-refractivity contribution is 8.00. The number of nitrogens with one attached hydrogen (secondary N) is 3. The highest BCUT2D eigenvalue weighted by Crippen LogP contribution is 2.37. The van der Waals surface area contributed by atoms with Crippen LogP contribution in [0, 0.1) is 0 Å². The Kier molecular flexibility index (Phi) is 11.4. The van der Waals surface area contributed by atoms with E-state index in [1.54, 1.807) is 78.9 Å². The third-order valence-corrected chi connectivity index (χ3v) is 8.68. The van der Waals surface area contributed by atoms with Crippen LogP contribution in [0.1, 0.15) is 26.7 Å². The van der Waals surface area contributed by atoms with E-state index in [-0.39, 0.29) is 11.6 Å². The second-order valence-electron chi connectivity index (χ2n) is 10.1. The van der Waals surface area contributed by atoms with Crippen molar-refractivity contribution in [3.63, 3.8) is 0 Å². The topological polar surface area (TPSA) is 96.5 Å². The Morgan fingerprint density at radius 3 is 2.11 bits per heavy atom. The van der Waals surface area contributed by atoms with Crippen LogP contribution in [0.5, 0.6) is 5.75 Å². The van der Waals surface area contributed by atoms with Gasteiger partial charge in [0.05, 0.1) is 17.8 Å². The number of halogens is 2. The molecule has 10 heteroatoms. The Balaban J connectivity index is 1.34. The van der Waals surface area contributed by atoms with Crippen molar-refractivity contribution in [2.45, 2.75) is 10.1 Å². The first-order valence-electron chi connectivity index (χ1n) is 14.4. The fraction of sp³-hybridized carbons (Fsp3) is 0.0541. The van der Waals surface area contributed by atoms with Crippen LogP contribution in [0.3, 0.4) is 0 Å². The molecule has 1 unspecified atom stereocenters. The van der Waals surface area contributed by atoms with Crippen molar-refractivity contribution < 1.29 is 19.1 Å². The number of carbonyl (C=O) groups is 3. The molecular weight excluding hydrogens is 653 g/mol. The van der Waals surface area contributed by atoms with Crippen LogP contribution in [0.15, 0.2) is 138 Å². The second kappa shape index (κ2) is 16.0. The molecule has 236 valence electrons. The summed E-state index contributed by atoms with van der Waals surface area (Å²) in [6.45, 7) is 0. The summed E-state index contributed by atoms with van der Waals surface area (Å²) in [5.41, 5.74) is 2.81. The van der Waals surface area contributed by atoms with Crippen molar-refractivity contribution in [1.82, 2.24) is 5.32 Å². The minimum absolute atomic E-state index is 0.0310. The molecule has 0 saturated carbocycles. The fourth-order valence-corrected chi connectivity index (χ4v) is 6.01. The zero-order chi connectivity index (χ0) is 33.2. The first-order valence-corrected chi connectivity index (χ1v) is 16.0. The van der Waals surface area contributed by atoms with Crippen LogP contribution < -0.4 is 20.7 Å². The summed E-state index contributed by atoms with van der Waals surface area (Å²) in [7, 11) is 1.54. The number of hydrogen-bond acceptors (Lipinski definition) is 5. The number of rotatable bonds is 11. The van der Waals surface area contributed by atoms with E-state index in [4.69, 9.17) is 27.9 Å². The zero-order valence-corrected chi connectivity index (χ0v) is 27.4. The van der Waals surface area contributed by atoms with Crippen molar-refractivity contribution in [3.05, 3.63) is 160 Å². The lowest BCUT2D eigenvalue weighted by molar-refractivity contribution is -0.116. The molecule has 0 aliphatic heterocycles. The summed E-state index contributed by atoms with van der Waals surface area (Å²) in [6, 6.07) is 37.2. The molecule has 0 aliphatic rings. The molecule has 0 aliphatic carbocycles. The molecule has 0 bridgehead atoms. The van der Waals surface area contributed by atoms with Gasteiger partial charge in [0.1, 0.15) is 16.7 Å². The second-order valence-corrected chi connectivity index (χ2v) is 12.1. The van der Waals surface area contributed by atoms with Gasteiger partial charge < -0.3 is 20.7 Å². The maximum absolute atomic E-state index is 13.5. The molecule has 1 atom stereocenters. The van der Waals surface area contributed by atoms with Crippen LogP contribution in [0.4, 0.5) is 11.4 Å². The summed E-state index contributed by atoms with van der Waals surface area (Å²) in [5, 5.41) is 8.70. The number of thioether (sulfide) groups is 1. The summed E-state index contributed by atoms with van der Waals surface area (Å²) in [5.74, 6) is -0.674. The molecule has 5 aromatic rings. The highest BCUT2D eigenvalue weighted by Gasteiger charge is 2.23. The molecule has 0 fully saturated rings. The van der Waals surface area contributed by atoms with Gasteiger partial charge in [-0.1, -0.05) is 89.9 Å².